The van der Waals surface area contributed by atoms with Gasteiger partial charge in [-0.15, -0.1) is 0 Å². The molecule has 6 nitrogen and oxygen atoms in total. The highest BCUT2D eigenvalue weighted by atomic mass is 32.2. The Kier molecular flexibility index (Phi) is 3.71. The van der Waals surface area contributed by atoms with Crippen LogP contribution in [0.3, 0.4) is 0 Å². The van der Waals surface area contributed by atoms with E-state index in [1.54, 1.807) is 0 Å². The molecule has 0 radical (unpaired) electrons. The molecule has 0 saturated carbocycles. The fourth-order valence-corrected chi connectivity index (χ4v) is 2.42. The van der Waals surface area contributed by atoms with Gasteiger partial charge in [0.15, 0.2) is 0 Å². The molecule has 0 spiro atoms. The quantitative estimate of drug-likeness (QED) is 0.787. The van der Waals surface area contributed by atoms with Crippen LogP contribution in [0.2, 0.25) is 0 Å². The summed E-state index contributed by atoms with van der Waals surface area (Å²) in [5.74, 6) is -1.15. The van der Waals surface area contributed by atoms with Gasteiger partial charge in [-0.3, -0.25) is 0 Å². The third-order valence-electron chi connectivity index (χ3n) is 2.05. The first-order chi connectivity index (χ1) is 7.38. The van der Waals surface area contributed by atoms with Crippen molar-refractivity contribution in [1.82, 2.24) is 9.29 Å². The Hall–Kier alpha value is -1.34. The molecule has 0 amide bonds. The minimum Gasteiger partial charge on any atom is -0.477 e. The van der Waals surface area contributed by atoms with Crippen molar-refractivity contribution < 1.29 is 18.3 Å². The van der Waals surface area contributed by atoms with Gasteiger partial charge >= 0.3 is 5.97 Å². The SMILES string of the molecule is CCCNS(=O)(=O)c1cc(C(=O)O)n(C)c1. The number of carbonyl (C=O) groups is 1. The molecule has 1 aromatic rings. The van der Waals surface area contributed by atoms with E-state index in [9.17, 15) is 13.2 Å². The van der Waals surface area contributed by atoms with Crippen LogP contribution < -0.4 is 4.72 Å². The van der Waals surface area contributed by atoms with E-state index in [0.29, 0.717) is 13.0 Å². The molecule has 0 aliphatic heterocycles. The highest BCUT2D eigenvalue weighted by Crippen LogP contribution is 2.13. The molecule has 0 aliphatic carbocycles. The van der Waals surface area contributed by atoms with Crippen molar-refractivity contribution in [2.24, 2.45) is 7.05 Å². The number of nitrogens with one attached hydrogen (secondary N) is 1. The number of carboxylic acid groups (broad SMARTS) is 1. The first-order valence-electron chi connectivity index (χ1n) is 4.78. The third kappa shape index (κ3) is 2.61. The van der Waals surface area contributed by atoms with E-state index in [1.165, 1.54) is 17.8 Å². The predicted molar refractivity (Wildman–Crippen MR) is 57.9 cm³/mol. The number of carboxylic acids is 1. The summed E-state index contributed by atoms with van der Waals surface area (Å²) >= 11 is 0. The molecule has 0 aliphatic rings. The normalized spacial score (nSPS) is 11.6. The lowest BCUT2D eigenvalue weighted by atomic mass is 10.4. The summed E-state index contributed by atoms with van der Waals surface area (Å²) in [6.45, 7) is 2.18. The van der Waals surface area contributed by atoms with E-state index >= 15 is 0 Å². The first kappa shape index (κ1) is 12.7. The average Bonchev–Trinajstić information content (AvgIpc) is 2.58. The molecule has 1 rings (SSSR count). The van der Waals surface area contributed by atoms with Gasteiger partial charge in [-0.05, 0) is 12.5 Å². The van der Waals surface area contributed by atoms with E-state index in [-0.39, 0.29) is 10.6 Å². The molecule has 2 N–H and O–H groups in total. The minimum atomic E-state index is -3.59. The van der Waals surface area contributed by atoms with E-state index in [2.05, 4.69) is 4.72 Å². The second-order valence-corrected chi connectivity index (χ2v) is 5.14. The van der Waals surface area contributed by atoms with Crippen molar-refractivity contribution in [3.05, 3.63) is 18.0 Å². The van der Waals surface area contributed by atoms with Gasteiger partial charge in [0.1, 0.15) is 10.6 Å². The molecule has 0 atom stereocenters. The van der Waals surface area contributed by atoms with Crippen molar-refractivity contribution in [3.8, 4) is 0 Å². The topological polar surface area (TPSA) is 88.4 Å². The van der Waals surface area contributed by atoms with Gasteiger partial charge in [0.05, 0.1) is 0 Å². The van der Waals surface area contributed by atoms with Gasteiger partial charge < -0.3 is 9.67 Å². The molecule has 0 unspecified atom stereocenters. The Morgan fingerprint density at radius 1 is 1.56 bits per heavy atom. The van der Waals surface area contributed by atoms with Gasteiger partial charge in [0, 0.05) is 19.8 Å². The fourth-order valence-electron chi connectivity index (χ4n) is 1.21. The summed E-state index contributed by atoms with van der Waals surface area (Å²) in [6, 6.07) is 1.14. The molecule has 0 fully saturated rings. The van der Waals surface area contributed by atoms with Gasteiger partial charge in [-0.25, -0.2) is 17.9 Å². The zero-order valence-electron chi connectivity index (χ0n) is 9.10. The number of hydrogen-bond acceptors (Lipinski definition) is 3. The molecular weight excluding hydrogens is 232 g/mol. The molecular formula is C9H14N2O4S. The standard InChI is InChI=1S/C9H14N2O4S/c1-3-4-10-16(14,15)7-5-8(9(12)13)11(2)6-7/h5-6,10H,3-4H2,1-2H3,(H,12,13). The minimum absolute atomic E-state index is 0.0270. The maximum absolute atomic E-state index is 11.7. The van der Waals surface area contributed by atoms with Crippen LogP contribution >= 0.6 is 0 Å². The van der Waals surface area contributed by atoms with Crippen LogP contribution in [0.1, 0.15) is 23.8 Å². The lowest BCUT2D eigenvalue weighted by molar-refractivity contribution is 0.0686. The van der Waals surface area contributed by atoms with Gasteiger partial charge in [-0.1, -0.05) is 6.92 Å². The highest BCUT2D eigenvalue weighted by Gasteiger charge is 2.19. The number of rotatable bonds is 5. The van der Waals surface area contributed by atoms with E-state index in [0.717, 1.165) is 6.07 Å². The van der Waals surface area contributed by atoms with Crippen LogP contribution in [-0.4, -0.2) is 30.6 Å². The molecule has 0 saturated heterocycles. The summed E-state index contributed by atoms with van der Waals surface area (Å²) in [5.41, 5.74) is -0.0585. The van der Waals surface area contributed by atoms with Gasteiger partial charge in [0.25, 0.3) is 0 Å². The van der Waals surface area contributed by atoms with Gasteiger partial charge in [0.2, 0.25) is 10.0 Å². The number of sulfonamides is 1. The Labute approximate surface area is 93.9 Å². The van der Waals surface area contributed by atoms with Crippen LogP contribution in [0, 0.1) is 0 Å². The maximum atomic E-state index is 11.7. The van der Waals surface area contributed by atoms with Crippen molar-refractivity contribution in [2.75, 3.05) is 6.54 Å². The van der Waals surface area contributed by atoms with Crippen molar-refractivity contribution in [3.63, 3.8) is 0 Å². The lowest BCUT2D eigenvalue weighted by Gasteiger charge is -2.01. The Morgan fingerprint density at radius 3 is 2.62 bits per heavy atom. The molecule has 90 valence electrons. The second-order valence-electron chi connectivity index (χ2n) is 3.37. The number of nitrogens with zero attached hydrogens (tertiary/aromatic N) is 1. The largest absolute Gasteiger partial charge is 0.477 e. The zero-order chi connectivity index (χ0) is 12.3. The van der Waals surface area contributed by atoms with Crippen molar-refractivity contribution >= 4 is 16.0 Å². The number of hydrogen-bond donors (Lipinski definition) is 2. The number of aromatic nitrogens is 1. The molecule has 16 heavy (non-hydrogen) atoms. The van der Waals surface area contributed by atoms with Crippen LogP contribution in [-0.2, 0) is 17.1 Å². The van der Waals surface area contributed by atoms with E-state index < -0.39 is 16.0 Å². The van der Waals surface area contributed by atoms with Crippen LogP contribution in [0.25, 0.3) is 0 Å². The highest BCUT2D eigenvalue weighted by molar-refractivity contribution is 7.89. The average molecular weight is 246 g/mol. The fraction of sp³-hybridized carbons (Fsp3) is 0.444. The Bertz CT molecular complexity index is 490. The number of aryl methyl sites for hydroxylation is 1. The first-order valence-corrected chi connectivity index (χ1v) is 6.26. The van der Waals surface area contributed by atoms with E-state index in [1.807, 2.05) is 6.92 Å². The van der Waals surface area contributed by atoms with Crippen LogP contribution in [0.4, 0.5) is 0 Å². The monoisotopic (exact) mass is 246 g/mol. The summed E-state index contributed by atoms with van der Waals surface area (Å²) < 4.78 is 27.0. The zero-order valence-corrected chi connectivity index (χ0v) is 9.91. The Morgan fingerprint density at radius 2 is 2.19 bits per heavy atom. The molecule has 7 heteroatoms. The maximum Gasteiger partial charge on any atom is 0.352 e. The molecule has 1 aromatic heterocycles. The van der Waals surface area contributed by atoms with Crippen molar-refractivity contribution in [2.45, 2.75) is 18.2 Å². The van der Waals surface area contributed by atoms with Crippen LogP contribution in [0.15, 0.2) is 17.2 Å². The second kappa shape index (κ2) is 4.67. The summed E-state index contributed by atoms with van der Waals surface area (Å²) in [5, 5.41) is 8.78. The van der Waals surface area contributed by atoms with Crippen LogP contribution in [0.5, 0.6) is 0 Å². The third-order valence-corrected chi connectivity index (χ3v) is 3.48. The summed E-state index contributed by atoms with van der Waals surface area (Å²) in [7, 11) is -2.10. The predicted octanol–water partition coefficient (Wildman–Crippen LogP) is 0.412. The molecule has 1 heterocycles. The van der Waals surface area contributed by atoms with Gasteiger partial charge in [-0.2, -0.15) is 0 Å². The molecule has 0 aromatic carbocycles. The Balaban J connectivity index is 3.06. The van der Waals surface area contributed by atoms with Crippen molar-refractivity contribution in [1.29, 1.82) is 0 Å². The lowest BCUT2D eigenvalue weighted by Crippen LogP contribution is -2.23. The summed E-state index contributed by atoms with van der Waals surface area (Å²) in [6.07, 6.45) is 1.96. The molecule has 0 bridgehead atoms. The smallest absolute Gasteiger partial charge is 0.352 e. The summed E-state index contributed by atoms with van der Waals surface area (Å²) in [4.78, 5) is 10.7. The van der Waals surface area contributed by atoms with E-state index in [4.69, 9.17) is 5.11 Å². The number of aromatic carboxylic acids is 1.